The molecule has 280 valence electrons. The summed E-state index contributed by atoms with van der Waals surface area (Å²) in [4.78, 5) is 22.6. The molecule has 3 atom stereocenters. The second-order valence-electron chi connectivity index (χ2n) is 12.8. The van der Waals surface area contributed by atoms with Gasteiger partial charge in [0.1, 0.15) is 0 Å². The number of unbranched alkanes of at least 4 members (excludes halogenated alkanes) is 17. The number of nitrogens with two attached hydrogens (primary N) is 1. The molecule has 0 rings (SSSR count). The molecule has 0 fully saturated rings. The van der Waals surface area contributed by atoms with Gasteiger partial charge in [0.15, 0.2) is 0 Å². The van der Waals surface area contributed by atoms with Crippen LogP contribution in [-0.2, 0) is 18.4 Å². The smallest absolute Gasteiger partial charge is 0.387 e. The van der Waals surface area contributed by atoms with E-state index in [-0.39, 0.29) is 25.7 Å². The molecule has 0 aromatic heterocycles. The van der Waals surface area contributed by atoms with Gasteiger partial charge in [-0.2, -0.15) is 0 Å². The van der Waals surface area contributed by atoms with Gasteiger partial charge >= 0.3 is 7.82 Å². The van der Waals surface area contributed by atoms with Crippen LogP contribution < -0.4 is 11.1 Å². The lowest BCUT2D eigenvalue weighted by Crippen LogP contribution is -2.45. The molecule has 0 spiro atoms. The second-order valence-corrected chi connectivity index (χ2v) is 14.2. The lowest BCUT2D eigenvalue weighted by atomic mass is 10.0. The van der Waals surface area contributed by atoms with Crippen LogP contribution in [0.1, 0.15) is 162 Å². The standard InChI is InChI=1S/C39H73N2O6P/c1-3-5-7-9-11-13-15-17-19-21-23-25-27-29-31-33-39(43)41-37(36-47-48(44,45)46-35-34-40)38(42)32-30-28-26-24-22-20-18-16-14-12-10-8-6-4-2/h5,7,11,13,17,19,30,32,37-38,42H,3-4,6,8-10,12,14-16,18,20-29,31,33-36,40H2,1-2H3,(H,41,43)(H,44,45)/b7-5-,13-11-,19-17-,32-30+. The molecule has 0 aliphatic rings. The predicted octanol–water partition coefficient (Wildman–Crippen LogP) is 10.2. The van der Waals surface area contributed by atoms with E-state index in [0.29, 0.717) is 6.42 Å². The fraction of sp³-hybridized carbons (Fsp3) is 0.769. The van der Waals surface area contributed by atoms with Crippen LogP contribution in [0, 0.1) is 0 Å². The van der Waals surface area contributed by atoms with E-state index in [9.17, 15) is 19.4 Å². The van der Waals surface area contributed by atoms with E-state index in [1.54, 1.807) is 6.08 Å². The highest BCUT2D eigenvalue weighted by molar-refractivity contribution is 7.47. The Morgan fingerprint density at radius 1 is 0.708 bits per heavy atom. The fourth-order valence-corrected chi connectivity index (χ4v) is 6.02. The number of aliphatic hydroxyl groups is 1. The van der Waals surface area contributed by atoms with Crippen molar-refractivity contribution >= 4 is 13.7 Å². The van der Waals surface area contributed by atoms with Crippen molar-refractivity contribution in [1.82, 2.24) is 5.32 Å². The molecule has 0 saturated carbocycles. The van der Waals surface area contributed by atoms with Gasteiger partial charge in [0, 0.05) is 13.0 Å². The normalized spacial score (nSPS) is 14.9. The number of amides is 1. The quantitative estimate of drug-likeness (QED) is 0.0295. The molecule has 0 radical (unpaired) electrons. The van der Waals surface area contributed by atoms with Crippen LogP contribution in [0.25, 0.3) is 0 Å². The van der Waals surface area contributed by atoms with E-state index in [1.165, 1.54) is 64.2 Å². The third kappa shape index (κ3) is 33.0. The van der Waals surface area contributed by atoms with Gasteiger partial charge in [0.25, 0.3) is 0 Å². The number of nitrogens with one attached hydrogen (secondary N) is 1. The van der Waals surface area contributed by atoms with Gasteiger partial charge < -0.3 is 21.1 Å². The number of aliphatic hydroxyl groups excluding tert-OH is 1. The maximum Gasteiger partial charge on any atom is 0.472 e. The van der Waals surface area contributed by atoms with E-state index in [1.807, 2.05) is 6.08 Å². The molecule has 3 unspecified atom stereocenters. The number of hydrogen-bond donors (Lipinski definition) is 4. The first-order valence-corrected chi connectivity index (χ1v) is 20.8. The zero-order chi connectivity index (χ0) is 35.4. The molecular formula is C39H73N2O6P. The maximum absolute atomic E-state index is 12.7. The molecule has 9 heteroatoms. The van der Waals surface area contributed by atoms with Gasteiger partial charge in [0.2, 0.25) is 5.91 Å². The van der Waals surface area contributed by atoms with Crippen molar-refractivity contribution in [3.8, 4) is 0 Å². The van der Waals surface area contributed by atoms with Crippen molar-refractivity contribution in [2.24, 2.45) is 5.73 Å². The molecule has 48 heavy (non-hydrogen) atoms. The minimum absolute atomic E-state index is 0.0737. The molecule has 5 N–H and O–H groups in total. The lowest BCUT2D eigenvalue weighted by Gasteiger charge is -2.23. The summed E-state index contributed by atoms with van der Waals surface area (Å²) in [5, 5.41) is 13.6. The highest BCUT2D eigenvalue weighted by Crippen LogP contribution is 2.43. The van der Waals surface area contributed by atoms with Crippen molar-refractivity contribution in [1.29, 1.82) is 0 Å². The van der Waals surface area contributed by atoms with Crippen LogP contribution >= 0.6 is 7.82 Å². The van der Waals surface area contributed by atoms with E-state index in [0.717, 1.165) is 77.0 Å². The van der Waals surface area contributed by atoms with Crippen molar-refractivity contribution in [2.75, 3.05) is 19.8 Å². The summed E-state index contributed by atoms with van der Waals surface area (Å²) >= 11 is 0. The summed E-state index contributed by atoms with van der Waals surface area (Å²) in [5.41, 5.74) is 5.35. The molecule has 0 saturated heterocycles. The Kier molecular flexibility index (Phi) is 34.2. The van der Waals surface area contributed by atoms with Crippen LogP contribution in [0.3, 0.4) is 0 Å². The molecule has 8 nitrogen and oxygen atoms in total. The first-order chi connectivity index (χ1) is 23.4. The van der Waals surface area contributed by atoms with Crippen LogP contribution in [0.15, 0.2) is 48.6 Å². The third-order valence-electron chi connectivity index (χ3n) is 8.16. The molecule has 0 aromatic carbocycles. The van der Waals surface area contributed by atoms with Crippen LogP contribution in [0.5, 0.6) is 0 Å². The molecule has 0 heterocycles. The molecular weight excluding hydrogens is 623 g/mol. The monoisotopic (exact) mass is 697 g/mol. The van der Waals surface area contributed by atoms with Crippen molar-refractivity contribution < 1.29 is 28.4 Å². The van der Waals surface area contributed by atoms with E-state index >= 15 is 0 Å². The summed E-state index contributed by atoms with van der Waals surface area (Å²) in [6, 6.07) is -0.868. The number of hydrogen-bond acceptors (Lipinski definition) is 6. The zero-order valence-corrected chi connectivity index (χ0v) is 31.6. The second kappa shape index (κ2) is 35.3. The molecule has 0 bridgehead atoms. The average Bonchev–Trinajstić information content (AvgIpc) is 3.07. The van der Waals surface area contributed by atoms with Gasteiger partial charge in [0.05, 0.1) is 25.4 Å². The zero-order valence-electron chi connectivity index (χ0n) is 30.7. The van der Waals surface area contributed by atoms with Crippen molar-refractivity contribution in [3.63, 3.8) is 0 Å². The van der Waals surface area contributed by atoms with Crippen LogP contribution in [0.2, 0.25) is 0 Å². The van der Waals surface area contributed by atoms with Crippen molar-refractivity contribution in [2.45, 2.75) is 174 Å². The van der Waals surface area contributed by atoms with Gasteiger partial charge in [-0.05, 0) is 51.4 Å². The Balaban J connectivity index is 4.35. The minimum atomic E-state index is -4.34. The molecule has 0 aliphatic heterocycles. The highest BCUT2D eigenvalue weighted by Gasteiger charge is 2.26. The Hall–Kier alpha value is -1.54. The first-order valence-electron chi connectivity index (χ1n) is 19.3. The van der Waals surface area contributed by atoms with Crippen molar-refractivity contribution in [3.05, 3.63) is 48.6 Å². The van der Waals surface area contributed by atoms with E-state index in [2.05, 4.69) is 55.6 Å². The minimum Gasteiger partial charge on any atom is -0.387 e. The fourth-order valence-electron chi connectivity index (χ4n) is 5.26. The third-order valence-corrected chi connectivity index (χ3v) is 9.14. The molecule has 0 aliphatic carbocycles. The SMILES string of the molecule is CC/C=C\C/C=C\C/C=C\CCCCCCCC(=O)NC(COP(=O)(O)OCCN)C(O)/C=C/CCCCCCCCCCCCCC. The summed E-state index contributed by atoms with van der Waals surface area (Å²) < 4.78 is 22.0. The predicted molar refractivity (Wildman–Crippen MR) is 203 cm³/mol. The van der Waals surface area contributed by atoms with Gasteiger partial charge in [-0.1, -0.05) is 152 Å². The van der Waals surface area contributed by atoms with Gasteiger partial charge in [-0.3, -0.25) is 13.8 Å². The van der Waals surface area contributed by atoms with Gasteiger partial charge in [-0.15, -0.1) is 0 Å². The number of allylic oxidation sites excluding steroid dienone is 7. The number of carbonyl (C=O) groups is 1. The number of phosphoric acid groups is 1. The molecule has 1 amide bonds. The average molecular weight is 697 g/mol. The molecule has 0 aromatic rings. The Morgan fingerprint density at radius 3 is 1.77 bits per heavy atom. The maximum atomic E-state index is 12.7. The largest absolute Gasteiger partial charge is 0.472 e. The Bertz CT molecular complexity index is 892. The summed E-state index contributed by atoms with van der Waals surface area (Å²) in [6.45, 7) is 3.99. The van der Waals surface area contributed by atoms with Gasteiger partial charge in [-0.25, -0.2) is 4.57 Å². The Morgan fingerprint density at radius 2 is 1.21 bits per heavy atom. The summed E-state index contributed by atoms with van der Waals surface area (Å²) in [7, 11) is -4.34. The summed E-state index contributed by atoms with van der Waals surface area (Å²) in [6.07, 6.45) is 41.5. The van der Waals surface area contributed by atoms with E-state index in [4.69, 9.17) is 14.8 Å². The number of phosphoric ester groups is 1. The lowest BCUT2D eigenvalue weighted by molar-refractivity contribution is -0.123. The van der Waals surface area contributed by atoms with Crippen LogP contribution in [0.4, 0.5) is 0 Å². The highest BCUT2D eigenvalue weighted by atomic mass is 31.2. The summed E-state index contributed by atoms with van der Waals surface area (Å²) in [5.74, 6) is -0.214. The van der Waals surface area contributed by atoms with E-state index < -0.39 is 20.0 Å². The van der Waals surface area contributed by atoms with Crippen LogP contribution in [-0.4, -0.2) is 47.8 Å². The topological polar surface area (TPSA) is 131 Å². The first kappa shape index (κ1) is 46.5. The number of carbonyl (C=O) groups excluding carboxylic acids is 1. The number of rotatable bonds is 35. The Labute approximate surface area is 294 Å².